The lowest BCUT2D eigenvalue weighted by Gasteiger charge is -2.21. The van der Waals surface area contributed by atoms with Crippen molar-refractivity contribution in [2.75, 3.05) is 26.7 Å². The highest BCUT2D eigenvalue weighted by Gasteiger charge is 2.20. The first kappa shape index (κ1) is 14.9. The predicted octanol–water partition coefficient (Wildman–Crippen LogP) is 1.31. The molecule has 1 aromatic carbocycles. The first-order chi connectivity index (χ1) is 9.58. The average Bonchev–Trinajstić information content (AvgIpc) is 2.84. The van der Waals surface area contributed by atoms with Gasteiger partial charge in [0, 0.05) is 31.3 Å². The molecule has 2 atom stereocenters. The largest absolute Gasteiger partial charge is 0.387 e. The molecule has 20 heavy (non-hydrogen) atoms. The molecule has 1 saturated heterocycles. The summed E-state index contributed by atoms with van der Waals surface area (Å²) in [4.78, 5) is 12.4. The van der Waals surface area contributed by atoms with E-state index >= 15 is 0 Å². The normalized spacial score (nSPS) is 21.0. The lowest BCUT2D eigenvalue weighted by molar-refractivity contribution is -0.384. The highest BCUT2D eigenvalue weighted by Crippen LogP contribution is 2.18. The third-order valence-corrected chi connectivity index (χ3v) is 3.88. The average molecular weight is 279 g/mol. The molecule has 2 N–H and O–H groups in total. The molecule has 1 aromatic rings. The highest BCUT2D eigenvalue weighted by molar-refractivity contribution is 5.33. The Morgan fingerprint density at radius 1 is 1.50 bits per heavy atom. The van der Waals surface area contributed by atoms with Crippen molar-refractivity contribution in [3.8, 4) is 0 Å². The van der Waals surface area contributed by atoms with Crippen molar-refractivity contribution >= 4 is 5.69 Å². The summed E-state index contributed by atoms with van der Waals surface area (Å²) < 4.78 is 0. The molecule has 6 heteroatoms. The minimum absolute atomic E-state index is 0.0430. The van der Waals surface area contributed by atoms with Crippen LogP contribution >= 0.6 is 0 Å². The van der Waals surface area contributed by atoms with Crippen LogP contribution in [0.4, 0.5) is 5.69 Å². The fourth-order valence-corrected chi connectivity index (χ4v) is 2.56. The van der Waals surface area contributed by atoms with Gasteiger partial charge in [-0.05, 0) is 44.1 Å². The second-order valence-electron chi connectivity index (χ2n) is 5.30. The van der Waals surface area contributed by atoms with Crippen molar-refractivity contribution in [1.82, 2.24) is 10.2 Å². The molecule has 0 radical (unpaired) electrons. The third-order valence-electron chi connectivity index (χ3n) is 3.88. The number of non-ortho nitro benzene ring substituents is 1. The van der Waals surface area contributed by atoms with Gasteiger partial charge in [0.1, 0.15) is 0 Å². The Labute approximate surface area is 118 Å². The first-order valence-corrected chi connectivity index (χ1v) is 6.91. The van der Waals surface area contributed by atoms with Gasteiger partial charge in [0.2, 0.25) is 0 Å². The molecule has 6 nitrogen and oxygen atoms in total. The monoisotopic (exact) mass is 279 g/mol. The zero-order chi connectivity index (χ0) is 14.5. The molecule has 0 spiro atoms. The van der Waals surface area contributed by atoms with Crippen LogP contribution in [-0.4, -0.2) is 47.7 Å². The quantitative estimate of drug-likeness (QED) is 0.606. The fourth-order valence-electron chi connectivity index (χ4n) is 2.56. The topological polar surface area (TPSA) is 78.6 Å². The SMILES string of the molecule is CN1CCCC1CNCC(O)c1ccc([N+](=O)[O-])cc1. The zero-order valence-electron chi connectivity index (χ0n) is 11.7. The van der Waals surface area contributed by atoms with E-state index in [0.29, 0.717) is 18.2 Å². The van der Waals surface area contributed by atoms with Crippen LogP contribution in [0.5, 0.6) is 0 Å². The van der Waals surface area contributed by atoms with E-state index in [-0.39, 0.29) is 5.69 Å². The number of nitro benzene ring substituents is 1. The van der Waals surface area contributed by atoms with Crippen LogP contribution in [0.2, 0.25) is 0 Å². The molecule has 0 aliphatic carbocycles. The number of rotatable bonds is 6. The van der Waals surface area contributed by atoms with Gasteiger partial charge in [-0.15, -0.1) is 0 Å². The number of nitrogens with one attached hydrogen (secondary N) is 1. The molecule has 110 valence electrons. The van der Waals surface area contributed by atoms with Crippen molar-refractivity contribution in [1.29, 1.82) is 0 Å². The summed E-state index contributed by atoms with van der Waals surface area (Å²) in [5.41, 5.74) is 0.740. The van der Waals surface area contributed by atoms with E-state index < -0.39 is 11.0 Å². The van der Waals surface area contributed by atoms with E-state index in [1.54, 1.807) is 12.1 Å². The van der Waals surface area contributed by atoms with Gasteiger partial charge in [0.05, 0.1) is 11.0 Å². The van der Waals surface area contributed by atoms with E-state index in [1.165, 1.54) is 25.0 Å². The van der Waals surface area contributed by atoms with E-state index in [2.05, 4.69) is 17.3 Å². The van der Waals surface area contributed by atoms with Crippen LogP contribution in [0.1, 0.15) is 24.5 Å². The van der Waals surface area contributed by atoms with Crippen LogP contribution in [0.15, 0.2) is 24.3 Å². The maximum Gasteiger partial charge on any atom is 0.269 e. The van der Waals surface area contributed by atoms with Gasteiger partial charge in [0.25, 0.3) is 5.69 Å². The number of aliphatic hydroxyl groups is 1. The number of nitro groups is 1. The minimum Gasteiger partial charge on any atom is -0.387 e. The fraction of sp³-hybridized carbons (Fsp3) is 0.571. The molecule has 1 aliphatic rings. The highest BCUT2D eigenvalue weighted by atomic mass is 16.6. The second-order valence-corrected chi connectivity index (χ2v) is 5.30. The molecular formula is C14H21N3O3. The molecule has 0 saturated carbocycles. The van der Waals surface area contributed by atoms with Gasteiger partial charge in [-0.2, -0.15) is 0 Å². The van der Waals surface area contributed by atoms with Gasteiger partial charge >= 0.3 is 0 Å². The molecular weight excluding hydrogens is 258 g/mol. The van der Waals surface area contributed by atoms with Crippen molar-refractivity contribution in [3.63, 3.8) is 0 Å². The molecule has 0 bridgehead atoms. The number of likely N-dealkylation sites (tertiary alicyclic amines) is 1. The maximum atomic E-state index is 10.6. The van der Waals surface area contributed by atoms with Crippen LogP contribution in [-0.2, 0) is 0 Å². The maximum absolute atomic E-state index is 10.6. The van der Waals surface area contributed by atoms with Gasteiger partial charge in [-0.3, -0.25) is 10.1 Å². The van der Waals surface area contributed by atoms with Crippen LogP contribution in [0, 0.1) is 10.1 Å². The van der Waals surface area contributed by atoms with E-state index in [1.807, 2.05) is 0 Å². The summed E-state index contributed by atoms with van der Waals surface area (Å²) in [7, 11) is 2.12. The Hall–Kier alpha value is -1.50. The Morgan fingerprint density at radius 3 is 2.75 bits per heavy atom. The van der Waals surface area contributed by atoms with Gasteiger partial charge in [-0.25, -0.2) is 0 Å². The van der Waals surface area contributed by atoms with Crippen molar-refractivity contribution in [3.05, 3.63) is 39.9 Å². The van der Waals surface area contributed by atoms with E-state index in [9.17, 15) is 15.2 Å². The molecule has 1 heterocycles. The first-order valence-electron chi connectivity index (χ1n) is 6.91. The summed E-state index contributed by atoms with van der Waals surface area (Å²) in [6.07, 6.45) is 1.78. The number of hydrogen-bond donors (Lipinski definition) is 2. The molecule has 0 amide bonds. The lowest BCUT2D eigenvalue weighted by Crippen LogP contribution is -2.37. The van der Waals surface area contributed by atoms with Crippen molar-refractivity contribution < 1.29 is 10.0 Å². The van der Waals surface area contributed by atoms with Crippen LogP contribution in [0.25, 0.3) is 0 Å². The summed E-state index contributed by atoms with van der Waals surface area (Å²) in [6, 6.07) is 6.59. The summed E-state index contributed by atoms with van der Waals surface area (Å²) in [5, 5.41) is 23.9. The Kier molecular flexibility index (Phi) is 5.05. The predicted molar refractivity (Wildman–Crippen MR) is 76.6 cm³/mol. The Balaban J connectivity index is 1.79. The number of likely N-dealkylation sites (N-methyl/N-ethyl adjacent to an activating group) is 1. The van der Waals surface area contributed by atoms with Gasteiger partial charge < -0.3 is 15.3 Å². The van der Waals surface area contributed by atoms with Crippen LogP contribution in [0.3, 0.4) is 0 Å². The Morgan fingerprint density at radius 2 is 2.20 bits per heavy atom. The van der Waals surface area contributed by atoms with Crippen LogP contribution < -0.4 is 5.32 Å². The minimum atomic E-state index is -0.637. The Bertz CT molecular complexity index is 449. The van der Waals surface area contributed by atoms with Crippen molar-refractivity contribution in [2.45, 2.75) is 25.0 Å². The summed E-state index contributed by atoms with van der Waals surface area (Å²) in [6.45, 7) is 2.46. The van der Waals surface area contributed by atoms with Crippen molar-refractivity contribution in [2.24, 2.45) is 0 Å². The van der Waals surface area contributed by atoms with E-state index in [4.69, 9.17) is 0 Å². The number of aliphatic hydroxyl groups excluding tert-OH is 1. The molecule has 1 aliphatic heterocycles. The number of nitrogens with zero attached hydrogens (tertiary/aromatic N) is 2. The van der Waals surface area contributed by atoms with Gasteiger partial charge in [0.15, 0.2) is 0 Å². The molecule has 2 rings (SSSR count). The number of hydrogen-bond acceptors (Lipinski definition) is 5. The second kappa shape index (κ2) is 6.78. The standard InChI is InChI=1S/C14H21N3O3/c1-16-8-2-3-13(16)9-15-10-14(18)11-4-6-12(7-5-11)17(19)20/h4-7,13-15,18H,2-3,8-10H2,1H3. The lowest BCUT2D eigenvalue weighted by atomic mass is 10.1. The number of benzene rings is 1. The summed E-state index contributed by atoms with van der Waals surface area (Å²) in [5.74, 6) is 0. The smallest absolute Gasteiger partial charge is 0.269 e. The molecule has 2 unspecified atom stereocenters. The third kappa shape index (κ3) is 3.75. The van der Waals surface area contributed by atoms with Gasteiger partial charge in [-0.1, -0.05) is 0 Å². The van der Waals surface area contributed by atoms with E-state index in [0.717, 1.165) is 13.1 Å². The summed E-state index contributed by atoms with van der Waals surface area (Å²) >= 11 is 0. The zero-order valence-corrected chi connectivity index (χ0v) is 11.7. The molecule has 1 fully saturated rings. The molecule has 0 aromatic heterocycles.